The third-order valence-corrected chi connectivity index (χ3v) is 15.6. The van der Waals surface area contributed by atoms with E-state index in [0.717, 1.165) is 87.5 Å². The molecular weight excluding hydrogens is 684 g/mol. The van der Waals surface area contributed by atoms with E-state index in [1.165, 1.54) is 11.1 Å². The van der Waals surface area contributed by atoms with Gasteiger partial charge in [0.15, 0.2) is 0 Å². The number of aryl methyl sites for hydroxylation is 1. The zero-order valence-corrected chi connectivity index (χ0v) is 32.3. The molecule has 7 rings (SSSR count). The van der Waals surface area contributed by atoms with Crippen LogP contribution < -0.4 is 14.4 Å². The van der Waals surface area contributed by atoms with Gasteiger partial charge < -0.3 is 19.3 Å². The van der Waals surface area contributed by atoms with Crippen molar-refractivity contribution in [3.63, 3.8) is 0 Å². The van der Waals surface area contributed by atoms with Gasteiger partial charge in [-0.25, -0.2) is 4.21 Å². The normalized spacial score (nSPS) is 34.8. The first kappa shape index (κ1) is 36.6. The molecule has 5 aliphatic rings. The van der Waals surface area contributed by atoms with Gasteiger partial charge in [0, 0.05) is 68.1 Å². The standard InChI is InChI=1S/C40H55ClN4O5S/c1-27-8-6-17-40(49-4,25-44-19-18-43(3)37(46)23-44)34-13-10-31(34)22-45-24-39(16-7-9-29-20-32(41)12-14-33(29)39)26-50-36-15-11-30(21-35(36)45)38(47)42-51(5,48)28(27)2/h11-12,14-15,20-21,27-28,31,34H,5-10,13,16-19,22-26H2,1-4H3,(H,42,47,48)/t27-,28+,31-,34+,39-,40+,51?/m0/s1. The molecule has 3 heterocycles. The van der Waals surface area contributed by atoms with E-state index in [-0.39, 0.29) is 28.4 Å². The Morgan fingerprint density at radius 1 is 1.08 bits per heavy atom. The summed E-state index contributed by atoms with van der Waals surface area (Å²) in [5.41, 5.74) is 3.25. The van der Waals surface area contributed by atoms with E-state index in [4.69, 9.17) is 21.1 Å². The summed E-state index contributed by atoms with van der Waals surface area (Å²) in [4.78, 5) is 33.2. The highest BCUT2D eigenvalue weighted by Crippen LogP contribution is 2.50. The van der Waals surface area contributed by atoms with Gasteiger partial charge in [-0.1, -0.05) is 31.0 Å². The van der Waals surface area contributed by atoms with Crippen LogP contribution >= 0.6 is 11.6 Å². The number of nitrogens with one attached hydrogen (secondary N) is 1. The molecule has 11 heteroatoms. The fraction of sp³-hybridized carbons (Fsp3) is 0.625. The summed E-state index contributed by atoms with van der Waals surface area (Å²) in [5.74, 6) is 5.31. The van der Waals surface area contributed by atoms with Gasteiger partial charge in [0.05, 0.1) is 34.1 Å². The van der Waals surface area contributed by atoms with Crippen molar-refractivity contribution in [3.8, 4) is 5.75 Å². The Kier molecular flexibility index (Phi) is 10.2. The maximum Gasteiger partial charge on any atom is 0.262 e. The van der Waals surface area contributed by atoms with Crippen molar-refractivity contribution in [2.24, 2.45) is 17.8 Å². The van der Waals surface area contributed by atoms with E-state index in [0.29, 0.717) is 43.6 Å². The lowest BCUT2D eigenvalue weighted by Gasteiger charge is -2.53. The second-order valence-corrected chi connectivity index (χ2v) is 19.1. The van der Waals surface area contributed by atoms with Crippen LogP contribution in [-0.2, 0) is 31.1 Å². The number of hydrogen-bond donors (Lipinski definition) is 1. The van der Waals surface area contributed by atoms with Gasteiger partial charge in [0.25, 0.3) is 5.91 Å². The van der Waals surface area contributed by atoms with Crippen LogP contribution in [0.1, 0.15) is 80.3 Å². The second kappa shape index (κ2) is 14.2. The van der Waals surface area contributed by atoms with Gasteiger partial charge in [0.2, 0.25) is 5.91 Å². The number of piperazine rings is 1. The molecular formula is C40H55ClN4O5S. The van der Waals surface area contributed by atoms with E-state index < -0.39 is 15.3 Å². The van der Waals surface area contributed by atoms with E-state index in [2.05, 4.69) is 39.4 Å². The molecule has 2 aromatic rings. The monoisotopic (exact) mass is 738 g/mol. The Morgan fingerprint density at radius 2 is 1.90 bits per heavy atom. The highest BCUT2D eigenvalue weighted by molar-refractivity contribution is 7.99. The van der Waals surface area contributed by atoms with Crippen LogP contribution in [0.25, 0.3) is 0 Å². The van der Waals surface area contributed by atoms with Crippen LogP contribution in [0.15, 0.2) is 36.4 Å². The number of methoxy groups -OCH3 is 1. The molecule has 2 bridgehead atoms. The van der Waals surface area contributed by atoms with Crippen molar-refractivity contribution in [1.82, 2.24) is 14.5 Å². The van der Waals surface area contributed by atoms with Crippen LogP contribution in [0.4, 0.5) is 5.69 Å². The number of halogens is 1. The molecule has 1 spiro atoms. The van der Waals surface area contributed by atoms with Gasteiger partial charge in [-0.2, -0.15) is 0 Å². The molecule has 51 heavy (non-hydrogen) atoms. The lowest BCUT2D eigenvalue weighted by molar-refractivity contribution is -0.146. The molecule has 2 fully saturated rings. The number of ether oxygens (including phenoxy) is 2. The minimum Gasteiger partial charge on any atom is -0.490 e. The molecule has 0 radical (unpaired) electrons. The summed E-state index contributed by atoms with van der Waals surface area (Å²) in [6.45, 7) is 8.77. The van der Waals surface area contributed by atoms with Crippen molar-refractivity contribution in [2.75, 3.05) is 64.9 Å². The summed E-state index contributed by atoms with van der Waals surface area (Å²) in [6.07, 6.45) is 7.74. The molecule has 278 valence electrons. The quantitative estimate of drug-likeness (QED) is 0.412. The Bertz CT molecular complexity index is 1770. The number of anilines is 1. The molecule has 1 saturated carbocycles. The molecule has 2 aliphatic carbocycles. The average Bonchev–Trinajstić information content (AvgIpc) is 3.23. The maximum atomic E-state index is 14.0. The number of fused-ring (bicyclic) bond motifs is 4. The topological polar surface area (TPSA) is 91.4 Å². The molecule has 9 nitrogen and oxygen atoms in total. The highest BCUT2D eigenvalue weighted by atomic mass is 35.5. The van der Waals surface area contributed by atoms with E-state index in [9.17, 15) is 13.8 Å². The molecule has 3 aliphatic heterocycles. The van der Waals surface area contributed by atoms with Crippen molar-refractivity contribution in [3.05, 3.63) is 58.1 Å². The van der Waals surface area contributed by atoms with Crippen LogP contribution in [-0.4, -0.2) is 103 Å². The van der Waals surface area contributed by atoms with E-state index >= 15 is 0 Å². The van der Waals surface area contributed by atoms with Crippen molar-refractivity contribution in [1.29, 1.82) is 0 Å². The number of benzene rings is 2. The van der Waals surface area contributed by atoms with Gasteiger partial charge in [-0.05, 0) is 117 Å². The predicted molar refractivity (Wildman–Crippen MR) is 205 cm³/mol. The minimum absolute atomic E-state index is 0.0699. The SMILES string of the molecule is C=S1(=O)NC(=O)c2ccc3c(c2)N(C[C@@H]2CC[C@H]2[C@@](CN2CCN(C)C(=O)C2)(OC)CCC[C@H](C)[C@H]1C)C[C@@]1(CCCc2cc(Cl)ccc21)CO3. The molecule has 1 N–H and O–H groups in total. The van der Waals surface area contributed by atoms with Crippen LogP contribution in [0.3, 0.4) is 0 Å². The summed E-state index contributed by atoms with van der Waals surface area (Å²) < 4.78 is 30.3. The molecule has 2 aromatic carbocycles. The number of rotatable bonds is 3. The molecule has 2 amide bonds. The van der Waals surface area contributed by atoms with Gasteiger partial charge >= 0.3 is 0 Å². The Labute approximate surface area is 309 Å². The highest BCUT2D eigenvalue weighted by Gasteiger charge is 2.51. The van der Waals surface area contributed by atoms with E-state index in [1.54, 1.807) is 6.07 Å². The first-order valence-electron chi connectivity index (χ1n) is 18.8. The second-order valence-electron chi connectivity index (χ2n) is 16.3. The molecule has 7 atom stereocenters. The van der Waals surface area contributed by atoms with Crippen molar-refractivity contribution in [2.45, 2.75) is 81.5 Å². The van der Waals surface area contributed by atoms with Crippen LogP contribution in [0.2, 0.25) is 5.02 Å². The predicted octanol–water partition coefficient (Wildman–Crippen LogP) is 5.57. The van der Waals surface area contributed by atoms with Gasteiger partial charge in [-0.3, -0.25) is 19.2 Å². The van der Waals surface area contributed by atoms with Crippen LogP contribution in [0, 0.1) is 17.8 Å². The number of amides is 2. The smallest absolute Gasteiger partial charge is 0.262 e. The Morgan fingerprint density at radius 3 is 2.65 bits per heavy atom. The third kappa shape index (κ3) is 7.02. The Hall–Kier alpha value is -2.79. The lowest BCUT2D eigenvalue weighted by Crippen LogP contribution is -2.60. The van der Waals surface area contributed by atoms with Crippen molar-refractivity contribution < 1.29 is 23.3 Å². The third-order valence-electron chi connectivity index (χ3n) is 13.2. The number of hydrogen-bond acceptors (Lipinski definition) is 7. The average molecular weight is 739 g/mol. The zero-order chi connectivity index (χ0) is 36.1. The van der Waals surface area contributed by atoms with Crippen molar-refractivity contribution >= 4 is 44.7 Å². The fourth-order valence-corrected chi connectivity index (χ4v) is 11.4. The zero-order valence-electron chi connectivity index (χ0n) is 30.8. The van der Waals surface area contributed by atoms with Gasteiger partial charge in [-0.15, -0.1) is 0 Å². The largest absolute Gasteiger partial charge is 0.490 e. The Balaban J connectivity index is 1.30. The number of carbonyl (C=O) groups excluding carboxylic acids is 2. The summed E-state index contributed by atoms with van der Waals surface area (Å²) >= 11 is 6.50. The summed E-state index contributed by atoms with van der Waals surface area (Å²) in [7, 11) is 0.788. The summed E-state index contributed by atoms with van der Waals surface area (Å²) in [5, 5.41) is 0.434. The molecule has 1 saturated heterocycles. The lowest BCUT2D eigenvalue weighted by atomic mass is 9.62. The first-order valence-corrected chi connectivity index (χ1v) is 21.0. The number of likely N-dealkylation sites (N-methyl/N-ethyl adjacent to an activating group) is 1. The number of carbonyl (C=O) groups is 2. The number of nitrogens with zero attached hydrogens (tertiary/aromatic N) is 3. The first-order chi connectivity index (χ1) is 24.3. The fourth-order valence-electron chi connectivity index (χ4n) is 9.68. The minimum atomic E-state index is -2.95. The summed E-state index contributed by atoms with van der Waals surface area (Å²) in [6, 6.07) is 11.9. The van der Waals surface area contributed by atoms with Crippen LogP contribution in [0.5, 0.6) is 5.75 Å². The molecule has 1 unspecified atom stereocenters. The molecule has 0 aromatic heterocycles. The maximum absolute atomic E-state index is 14.0. The van der Waals surface area contributed by atoms with Gasteiger partial charge in [0.1, 0.15) is 5.75 Å². The van der Waals surface area contributed by atoms with E-state index in [1.807, 2.05) is 44.2 Å².